The molecule has 1 rings (SSSR count). The van der Waals surface area contributed by atoms with Crippen molar-refractivity contribution in [3.63, 3.8) is 0 Å². The van der Waals surface area contributed by atoms with Gasteiger partial charge in [0.2, 0.25) is 0 Å². The fraction of sp³-hybridized carbons (Fsp3) is 0.533. The highest BCUT2D eigenvalue weighted by Crippen LogP contribution is 2.27. The average molecular weight is 281 g/mol. The summed E-state index contributed by atoms with van der Waals surface area (Å²) < 4.78 is 5.53. The van der Waals surface area contributed by atoms with E-state index in [0.29, 0.717) is 17.2 Å². The summed E-state index contributed by atoms with van der Waals surface area (Å²) in [7, 11) is 0. The summed E-state index contributed by atoms with van der Waals surface area (Å²) in [6.45, 7) is 9.00. The van der Waals surface area contributed by atoms with Crippen LogP contribution in [0.5, 0.6) is 5.75 Å². The Hall–Kier alpha value is -1.24. The number of halogens is 1. The summed E-state index contributed by atoms with van der Waals surface area (Å²) in [6.07, 6.45) is 0.191. The van der Waals surface area contributed by atoms with E-state index in [0.717, 1.165) is 12.1 Å². The fourth-order valence-corrected chi connectivity index (χ4v) is 1.72. The highest BCUT2D eigenvalue weighted by atomic mass is 35.5. The largest absolute Gasteiger partial charge is 0.474 e. The molecule has 1 atom stereocenters. The first-order valence-electron chi connectivity index (χ1n) is 6.45. The standard InChI is InChI=1S/C15H21ClN2O/c1-5-12(9-17)19-14-7-6-11(8-13(14)16)10-18-15(2,3)4/h6-8,12,18H,5,10H2,1-4H3. The summed E-state index contributed by atoms with van der Waals surface area (Å²) in [5.74, 6) is 0.564. The maximum atomic E-state index is 8.88. The minimum Gasteiger partial charge on any atom is -0.474 e. The predicted molar refractivity (Wildman–Crippen MR) is 78.4 cm³/mol. The minimum atomic E-state index is -0.448. The Morgan fingerprint density at radius 1 is 1.42 bits per heavy atom. The summed E-state index contributed by atoms with van der Waals surface area (Å²) in [4.78, 5) is 0. The van der Waals surface area contributed by atoms with Crippen LogP contribution in [0.4, 0.5) is 0 Å². The van der Waals surface area contributed by atoms with Crippen LogP contribution in [0.1, 0.15) is 39.7 Å². The highest BCUT2D eigenvalue weighted by Gasteiger charge is 2.11. The second-order valence-corrected chi connectivity index (χ2v) is 5.92. The van der Waals surface area contributed by atoms with Crippen LogP contribution in [0.15, 0.2) is 18.2 Å². The van der Waals surface area contributed by atoms with E-state index in [4.69, 9.17) is 21.6 Å². The molecule has 0 saturated carbocycles. The molecule has 0 heterocycles. The molecule has 0 aliphatic carbocycles. The van der Waals surface area contributed by atoms with Gasteiger partial charge >= 0.3 is 0 Å². The highest BCUT2D eigenvalue weighted by molar-refractivity contribution is 6.32. The number of hydrogen-bond acceptors (Lipinski definition) is 3. The lowest BCUT2D eigenvalue weighted by molar-refractivity contribution is 0.252. The second-order valence-electron chi connectivity index (χ2n) is 5.51. The number of nitrogens with one attached hydrogen (secondary N) is 1. The van der Waals surface area contributed by atoms with Crippen LogP contribution >= 0.6 is 11.6 Å². The Labute approximate surface area is 120 Å². The number of benzene rings is 1. The topological polar surface area (TPSA) is 45.0 Å². The van der Waals surface area contributed by atoms with E-state index in [1.165, 1.54) is 0 Å². The van der Waals surface area contributed by atoms with Crippen LogP contribution in [0.2, 0.25) is 5.02 Å². The van der Waals surface area contributed by atoms with Gasteiger partial charge in [-0.05, 0) is 44.9 Å². The lowest BCUT2D eigenvalue weighted by Gasteiger charge is -2.21. The molecule has 0 amide bonds. The van der Waals surface area contributed by atoms with Crippen molar-refractivity contribution in [1.82, 2.24) is 5.32 Å². The van der Waals surface area contributed by atoms with E-state index in [9.17, 15) is 0 Å². The minimum absolute atomic E-state index is 0.0652. The fourth-order valence-electron chi connectivity index (χ4n) is 1.47. The molecule has 0 bridgehead atoms. The van der Waals surface area contributed by atoms with Crippen molar-refractivity contribution in [3.8, 4) is 11.8 Å². The molecular weight excluding hydrogens is 260 g/mol. The zero-order valence-electron chi connectivity index (χ0n) is 12.0. The van der Waals surface area contributed by atoms with Crippen LogP contribution in [0.3, 0.4) is 0 Å². The van der Waals surface area contributed by atoms with Gasteiger partial charge in [0.1, 0.15) is 11.8 Å². The van der Waals surface area contributed by atoms with E-state index in [1.54, 1.807) is 0 Å². The zero-order valence-corrected chi connectivity index (χ0v) is 12.7. The van der Waals surface area contributed by atoms with Gasteiger partial charge in [-0.2, -0.15) is 5.26 Å². The maximum Gasteiger partial charge on any atom is 0.184 e. The molecule has 0 spiro atoms. The van der Waals surface area contributed by atoms with E-state index in [2.05, 4.69) is 32.2 Å². The van der Waals surface area contributed by atoms with Gasteiger partial charge in [-0.3, -0.25) is 0 Å². The summed E-state index contributed by atoms with van der Waals surface area (Å²) in [5, 5.41) is 12.8. The molecule has 1 aromatic carbocycles. The molecule has 0 aliphatic heterocycles. The third-order valence-electron chi connectivity index (χ3n) is 2.60. The number of nitrogens with zero attached hydrogens (tertiary/aromatic N) is 1. The Morgan fingerprint density at radius 3 is 2.58 bits per heavy atom. The molecular formula is C15H21ClN2O. The van der Waals surface area contributed by atoms with Crippen molar-refractivity contribution >= 4 is 11.6 Å². The molecule has 3 nitrogen and oxygen atoms in total. The van der Waals surface area contributed by atoms with Gasteiger partial charge in [0.05, 0.1) is 5.02 Å². The van der Waals surface area contributed by atoms with Gasteiger partial charge in [-0.1, -0.05) is 24.6 Å². The summed E-state index contributed by atoms with van der Waals surface area (Å²) >= 11 is 6.18. The SMILES string of the molecule is CCC(C#N)Oc1ccc(CNC(C)(C)C)cc1Cl. The molecule has 104 valence electrons. The average Bonchev–Trinajstić information content (AvgIpc) is 2.34. The van der Waals surface area contributed by atoms with Gasteiger partial charge in [0.25, 0.3) is 0 Å². The maximum absolute atomic E-state index is 8.88. The van der Waals surface area contributed by atoms with Crippen LogP contribution in [-0.2, 0) is 6.54 Å². The summed E-state index contributed by atoms with van der Waals surface area (Å²) in [5.41, 5.74) is 1.16. The van der Waals surface area contributed by atoms with Crippen LogP contribution in [0, 0.1) is 11.3 Å². The van der Waals surface area contributed by atoms with Gasteiger partial charge in [0, 0.05) is 12.1 Å². The van der Waals surface area contributed by atoms with Gasteiger partial charge < -0.3 is 10.1 Å². The second kappa shape index (κ2) is 6.79. The van der Waals surface area contributed by atoms with E-state index in [1.807, 2.05) is 25.1 Å². The Balaban J connectivity index is 2.72. The monoisotopic (exact) mass is 280 g/mol. The first-order chi connectivity index (χ1) is 8.85. The first-order valence-corrected chi connectivity index (χ1v) is 6.83. The van der Waals surface area contributed by atoms with Crippen LogP contribution in [-0.4, -0.2) is 11.6 Å². The molecule has 0 fully saturated rings. The molecule has 1 aromatic rings. The van der Waals surface area contributed by atoms with Crippen molar-refractivity contribution in [2.75, 3.05) is 0 Å². The number of rotatable bonds is 5. The van der Waals surface area contributed by atoms with Crippen LogP contribution in [0.25, 0.3) is 0 Å². The third-order valence-corrected chi connectivity index (χ3v) is 2.90. The first kappa shape index (κ1) is 15.8. The number of ether oxygens (including phenoxy) is 1. The predicted octanol–water partition coefficient (Wildman–Crippen LogP) is 3.91. The third kappa shape index (κ3) is 5.50. The normalized spacial score (nSPS) is 12.8. The Bertz CT molecular complexity index is 460. The molecule has 0 aliphatic rings. The van der Waals surface area contributed by atoms with E-state index < -0.39 is 6.10 Å². The smallest absolute Gasteiger partial charge is 0.184 e. The Kier molecular flexibility index (Phi) is 5.65. The van der Waals surface area contributed by atoms with Crippen molar-refractivity contribution in [2.45, 2.75) is 52.3 Å². The molecule has 1 N–H and O–H groups in total. The van der Waals surface area contributed by atoms with Crippen LogP contribution < -0.4 is 10.1 Å². The van der Waals surface area contributed by atoms with E-state index in [-0.39, 0.29) is 5.54 Å². The molecule has 4 heteroatoms. The Morgan fingerprint density at radius 2 is 2.11 bits per heavy atom. The van der Waals surface area contributed by atoms with Gasteiger partial charge in [-0.25, -0.2) is 0 Å². The van der Waals surface area contributed by atoms with E-state index >= 15 is 0 Å². The quantitative estimate of drug-likeness (QED) is 0.889. The van der Waals surface area contributed by atoms with Crippen molar-refractivity contribution in [3.05, 3.63) is 28.8 Å². The van der Waals surface area contributed by atoms with Gasteiger partial charge in [0.15, 0.2) is 6.10 Å². The molecule has 0 aromatic heterocycles. The number of nitriles is 1. The number of hydrogen-bond donors (Lipinski definition) is 1. The van der Waals surface area contributed by atoms with Crippen molar-refractivity contribution in [2.24, 2.45) is 0 Å². The van der Waals surface area contributed by atoms with Gasteiger partial charge in [-0.15, -0.1) is 0 Å². The van der Waals surface area contributed by atoms with Crippen molar-refractivity contribution < 1.29 is 4.74 Å². The zero-order chi connectivity index (χ0) is 14.5. The molecule has 1 unspecified atom stereocenters. The lowest BCUT2D eigenvalue weighted by Crippen LogP contribution is -2.35. The summed E-state index contributed by atoms with van der Waals surface area (Å²) in [6, 6.07) is 7.75. The van der Waals surface area contributed by atoms with Crippen molar-refractivity contribution in [1.29, 1.82) is 5.26 Å². The lowest BCUT2D eigenvalue weighted by atomic mass is 10.1. The molecule has 0 saturated heterocycles. The molecule has 19 heavy (non-hydrogen) atoms. The molecule has 0 radical (unpaired) electrons.